The lowest BCUT2D eigenvalue weighted by molar-refractivity contribution is 0.789. The zero-order valence-electron chi connectivity index (χ0n) is 11.1. The van der Waals surface area contributed by atoms with Gasteiger partial charge in [-0.3, -0.25) is 4.57 Å². The third kappa shape index (κ3) is 2.01. The van der Waals surface area contributed by atoms with E-state index < -0.39 is 0 Å². The Labute approximate surface area is 107 Å². The molecule has 0 saturated heterocycles. The Morgan fingerprint density at radius 1 is 1.17 bits per heavy atom. The van der Waals surface area contributed by atoms with E-state index in [0.29, 0.717) is 6.54 Å². The van der Waals surface area contributed by atoms with Crippen molar-refractivity contribution in [1.82, 2.24) is 19.7 Å². The van der Waals surface area contributed by atoms with Crippen LogP contribution in [0.1, 0.15) is 36.5 Å². The van der Waals surface area contributed by atoms with Crippen molar-refractivity contribution in [1.29, 1.82) is 0 Å². The number of aryl methyl sites for hydroxylation is 2. The maximum Gasteiger partial charge on any atom is 0.165 e. The van der Waals surface area contributed by atoms with Crippen LogP contribution in [-0.4, -0.2) is 19.7 Å². The van der Waals surface area contributed by atoms with Gasteiger partial charge in [-0.2, -0.15) is 5.10 Å². The highest BCUT2D eigenvalue weighted by Gasteiger charge is 2.15. The molecule has 0 fully saturated rings. The zero-order valence-corrected chi connectivity index (χ0v) is 11.1. The minimum Gasteiger partial charge on any atom is -0.326 e. The average molecular weight is 245 g/mol. The molecule has 2 aromatic rings. The summed E-state index contributed by atoms with van der Waals surface area (Å²) in [7, 11) is 0. The summed E-state index contributed by atoms with van der Waals surface area (Å²) >= 11 is 0. The van der Waals surface area contributed by atoms with Crippen molar-refractivity contribution in [3.8, 4) is 5.82 Å². The van der Waals surface area contributed by atoms with Crippen LogP contribution in [0.4, 0.5) is 0 Å². The fourth-order valence-electron chi connectivity index (χ4n) is 2.25. The monoisotopic (exact) mass is 245 g/mol. The molecule has 18 heavy (non-hydrogen) atoms. The molecule has 0 bridgehead atoms. The summed E-state index contributed by atoms with van der Waals surface area (Å²) in [6.07, 6.45) is 5.46. The van der Waals surface area contributed by atoms with Gasteiger partial charge in [-0.15, -0.1) is 5.10 Å². The van der Waals surface area contributed by atoms with Crippen LogP contribution >= 0.6 is 0 Å². The molecule has 2 N–H and O–H groups in total. The van der Waals surface area contributed by atoms with Gasteiger partial charge in [-0.1, -0.05) is 13.8 Å². The predicted molar refractivity (Wildman–Crippen MR) is 70.5 cm³/mol. The number of imidazole rings is 1. The topological polar surface area (TPSA) is 69.6 Å². The Bertz CT molecular complexity index is 544. The van der Waals surface area contributed by atoms with Crippen molar-refractivity contribution < 1.29 is 0 Å². The molecule has 5 heteroatoms. The van der Waals surface area contributed by atoms with Crippen LogP contribution in [0.15, 0.2) is 12.4 Å². The average Bonchev–Trinajstić information content (AvgIpc) is 2.82. The molecule has 2 aromatic heterocycles. The molecule has 0 aromatic carbocycles. The van der Waals surface area contributed by atoms with Crippen LogP contribution in [0.25, 0.3) is 5.82 Å². The number of rotatable bonds is 4. The highest BCUT2D eigenvalue weighted by molar-refractivity contribution is 5.42. The van der Waals surface area contributed by atoms with Crippen molar-refractivity contribution in [2.45, 2.75) is 40.2 Å². The summed E-state index contributed by atoms with van der Waals surface area (Å²) in [6, 6.07) is 0. The third-order valence-electron chi connectivity index (χ3n) is 3.19. The van der Waals surface area contributed by atoms with E-state index in [9.17, 15) is 0 Å². The molecule has 0 unspecified atom stereocenters. The lowest BCUT2D eigenvalue weighted by Gasteiger charge is -2.15. The van der Waals surface area contributed by atoms with Gasteiger partial charge in [0.1, 0.15) is 5.82 Å². The van der Waals surface area contributed by atoms with Crippen LogP contribution in [0.2, 0.25) is 0 Å². The first kappa shape index (κ1) is 12.7. The summed E-state index contributed by atoms with van der Waals surface area (Å²) < 4.78 is 1.94. The molecule has 2 heterocycles. The van der Waals surface area contributed by atoms with Crippen molar-refractivity contribution in [2.75, 3.05) is 0 Å². The standard InChI is InChI=1S/C13H19N5/c1-4-10-11(8-14)13(17-16-12(10)5-2)18-7-6-15-9(18)3/h6-7H,4-5,8,14H2,1-3H3. The van der Waals surface area contributed by atoms with E-state index >= 15 is 0 Å². The van der Waals surface area contributed by atoms with E-state index in [0.717, 1.165) is 35.7 Å². The summed E-state index contributed by atoms with van der Waals surface area (Å²) in [4.78, 5) is 4.22. The molecule has 0 aliphatic rings. The Morgan fingerprint density at radius 3 is 2.44 bits per heavy atom. The molecule has 5 nitrogen and oxygen atoms in total. The first-order valence-electron chi connectivity index (χ1n) is 6.30. The second-order valence-electron chi connectivity index (χ2n) is 4.18. The molecule has 0 radical (unpaired) electrons. The minimum absolute atomic E-state index is 0.471. The first-order chi connectivity index (χ1) is 8.72. The Hall–Kier alpha value is -1.75. The predicted octanol–water partition coefficient (Wildman–Crippen LogP) is 1.55. The summed E-state index contributed by atoms with van der Waals surface area (Å²) in [6.45, 7) is 6.63. The van der Waals surface area contributed by atoms with E-state index in [1.165, 1.54) is 5.56 Å². The van der Waals surface area contributed by atoms with Crippen molar-refractivity contribution in [3.63, 3.8) is 0 Å². The molecule has 0 aliphatic carbocycles. The number of nitrogens with zero attached hydrogens (tertiary/aromatic N) is 4. The highest BCUT2D eigenvalue weighted by Crippen LogP contribution is 2.20. The van der Waals surface area contributed by atoms with E-state index in [4.69, 9.17) is 5.73 Å². The van der Waals surface area contributed by atoms with Crippen molar-refractivity contribution in [3.05, 3.63) is 35.0 Å². The largest absolute Gasteiger partial charge is 0.326 e. The van der Waals surface area contributed by atoms with Crippen LogP contribution in [0.3, 0.4) is 0 Å². The first-order valence-corrected chi connectivity index (χ1v) is 6.30. The van der Waals surface area contributed by atoms with Gasteiger partial charge in [0.2, 0.25) is 0 Å². The smallest absolute Gasteiger partial charge is 0.165 e. The summed E-state index contributed by atoms with van der Waals surface area (Å²) in [5, 5.41) is 8.64. The van der Waals surface area contributed by atoms with E-state index in [1.54, 1.807) is 6.20 Å². The van der Waals surface area contributed by atoms with Crippen LogP contribution in [0, 0.1) is 6.92 Å². The molecular weight excluding hydrogens is 226 g/mol. The van der Waals surface area contributed by atoms with E-state index in [2.05, 4.69) is 29.0 Å². The molecule has 96 valence electrons. The van der Waals surface area contributed by atoms with E-state index in [1.807, 2.05) is 17.7 Å². The van der Waals surface area contributed by atoms with Gasteiger partial charge in [0, 0.05) is 24.5 Å². The van der Waals surface area contributed by atoms with Gasteiger partial charge < -0.3 is 5.73 Å². The summed E-state index contributed by atoms with van der Waals surface area (Å²) in [5.41, 5.74) is 9.24. The second-order valence-corrected chi connectivity index (χ2v) is 4.18. The molecule has 0 aliphatic heterocycles. The fourth-order valence-corrected chi connectivity index (χ4v) is 2.25. The van der Waals surface area contributed by atoms with Gasteiger partial charge in [0.15, 0.2) is 5.82 Å². The Morgan fingerprint density at radius 2 is 1.94 bits per heavy atom. The second kappa shape index (κ2) is 5.27. The Balaban J connectivity index is 2.66. The fraction of sp³-hybridized carbons (Fsp3) is 0.462. The molecule has 0 atom stereocenters. The van der Waals surface area contributed by atoms with E-state index in [-0.39, 0.29) is 0 Å². The van der Waals surface area contributed by atoms with Crippen LogP contribution in [0.5, 0.6) is 0 Å². The summed E-state index contributed by atoms with van der Waals surface area (Å²) in [5.74, 6) is 1.70. The normalized spacial score (nSPS) is 10.9. The van der Waals surface area contributed by atoms with Crippen molar-refractivity contribution >= 4 is 0 Å². The number of nitrogens with two attached hydrogens (primary N) is 1. The zero-order chi connectivity index (χ0) is 13.1. The SMILES string of the molecule is CCc1nnc(-n2ccnc2C)c(CN)c1CC. The van der Waals surface area contributed by atoms with Gasteiger partial charge in [-0.05, 0) is 25.3 Å². The Kier molecular flexibility index (Phi) is 3.72. The molecular formula is C13H19N5. The van der Waals surface area contributed by atoms with Gasteiger partial charge in [-0.25, -0.2) is 4.98 Å². The lowest BCUT2D eigenvalue weighted by atomic mass is 10.0. The molecule has 2 rings (SSSR count). The third-order valence-corrected chi connectivity index (χ3v) is 3.19. The molecule has 0 spiro atoms. The van der Waals surface area contributed by atoms with Crippen LogP contribution in [-0.2, 0) is 19.4 Å². The van der Waals surface area contributed by atoms with Gasteiger partial charge in [0.05, 0.1) is 5.69 Å². The number of hydrogen-bond acceptors (Lipinski definition) is 4. The lowest BCUT2D eigenvalue weighted by Crippen LogP contribution is -2.14. The maximum absolute atomic E-state index is 5.91. The maximum atomic E-state index is 5.91. The molecule has 0 amide bonds. The van der Waals surface area contributed by atoms with Crippen LogP contribution < -0.4 is 5.73 Å². The van der Waals surface area contributed by atoms with Crippen molar-refractivity contribution in [2.24, 2.45) is 5.73 Å². The number of hydrogen-bond donors (Lipinski definition) is 1. The highest BCUT2D eigenvalue weighted by atomic mass is 15.2. The minimum atomic E-state index is 0.471. The number of aromatic nitrogens is 4. The molecule has 0 saturated carbocycles. The van der Waals surface area contributed by atoms with Gasteiger partial charge >= 0.3 is 0 Å². The quantitative estimate of drug-likeness (QED) is 0.887. The van der Waals surface area contributed by atoms with Gasteiger partial charge in [0.25, 0.3) is 0 Å².